The molecule has 1 atom stereocenters. The van der Waals surface area contributed by atoms with Crippen molar-refractivity contribution in [2.24, 2.45) is 0 Å². The molecule has 0 bridgehead atoms. The topological polar surface area (TPSA) is 66.5 Å². The van der Waals surface area contributed by atoms with Crippen LogP contribution in [0.25, 0.3) is 0 Å². The molecular weight excluding hydrogens is 432 g/mol. The molecule has 0 fully saturated rings. The summed E-state index contributed by atoms with van der Waals surface area (Å²) >= 11 is 0. The molecule has 0 spiro atoms. The van der Waals surface area contributed by atoms with Crippen molar-refractivity contribution < 1.29 is 13.2 Å². The van der Waals surface area contributed by atoms with E-state index in [9.17, 15) is 13.2 Å². The number of para-hydroxylation sites is 1. The fourth-order valence-corrected chi connectivity index (χ4v) is 5.18. The fraction of sp³-hybridized carbons (Fsp3) is 0.296. The number of aryl methyl sites for hydroxylation is 4. The molecule has 3 rings (SSSR count). The van der Waals surface area contributed by atoms with Crippen molar-refractivity contribution in [3.63, 3.8) is 0 Å². The lowest BCUT2D eigenvalue weighted by atomic mass is 10.0. The lowest BCUT2D eigenvalue weighted by Gasteiger charge is -2.27. The quantitative estimate of drug-likeness (QED) is 0.495. The van der Waals surface area contributed by atoms with E-state index in [4.69, 9.17) is 0 Å². The van der Waals surface area contributed by atoms with E-state index in [1.807, 2.05) is 65.0 Å². The lowest BCUT2D eigenvalue weighted by molar-refractivity contribution is -0.120. The van der Waals surface area contributed by atoms with E-state index < -0.39 is 10.0 Å². The van der Waals surface area contributed by atoms with Crippen molar-refractivity contribution in [2.45, 2.75) is 52.0 Å². The van der Waals surface area contributed by atoms with Gasteiger partial charge in [-0.3, -0.25) is 9.10 Å². The number of sulfonamides is 1. The average Bonchev–Trinajstić information content (AvgIpc) is 2.79. The van der Waals surface area contributed by atoms with Crippen molar-refractivity contribution in [1.82, 2.24) is 5.32 Å². The Labute approximate surface area is 197 Å². The first-order valence-electron chi connectivity index (χ1n) is 11.2. The van der Waals surface area contributed by atoms with Crippen LogP contribution < -0.4 is 9.62 Å². The predicted molar refractivity (Wildman–Crippen MR) is 134 cm³/mol. The zero-order valence-corrected chi connectivity index (χ0v) is 20.7. The minimum absolute atomic E-state index is 0.161. The zero-order valence-electron chi connectivity index (χ0n) is 19.9. The van der Waals surface area contributed by atoms with Gasteiger partial charge in [0.1, 0.15) is 6.54 Å². The van der Waals surface area contributed by atoms with Crippen LogP contribution in [0.5, 0.6) is 0 Å². The van der Waals surface area contributed by atoms with Crippen LogP contribution in [0.1, 0.15) is 47.7 Å². The Morgan fingerprint density at radius 2 is 1.61 bits per heavy atom. The first kappa shape index (κ1) is 24.5. The molecule has 0 aliphatic carbocycles. The molecule has 0 heterocycles. The van der Waals surface area contributed by atoms with Crippen LogP contribution in [-0.2, 0) is 21.2 Å². The lowest BCUT2D eigenvalue weighted by Crippen LogP contribution is -2.42. The van der Waals surface area contributed by atoms with E-state index in [1.165, 1.54) is 9.87 Å². The first-order chi connectivity index (χ1) is 15.6. The Hall–Kier alpha value is -3.12. The van der Waals surface area contributed by atoms with Crippen LogP contribution in [0.4, 0.5) is 5.69 Å². The number of nitrogens with one attached hydrogen (secondary N) is 1. The van der Waals surface area contributed by atoms with Gasteiger partial charge in [-0.1, -0.05) is 61.0 Å². The highest BCUT2D eigenvalue weighted by molar-refractivity contribution is 7.92. The Morgan fingerprint density at radius 3 is 2.24 bits per heavy atom. The SMILES string of the molecule is CCc1ccccc1N(CC(=O)NC(C)c1ccc(C)c(C)c1)S(=O)(=O)c1ccc(C)cc1. The Bertz CT molecular complexity index is 1230. The van der Waals surface area contributed by atoms with Crippen LogP contribution in [0.3, 0.4) is 0 Å². The summed E-state index contributed by atoms with van der Waals surface area (Å²) < 4.78 is 28.5. The smallest absolute Gasteiger partial charge is 0.264 e. The van der Waals surface area contributed by atoms with Crippen LogP contribution in [0.2, 0.25) is 0 Å². The number of nitrogens with zero attached hydrogens (tertiary/aromatic N) is 1. The molecule has 0 saturated carbocycles. The second-order valence-corrected chi connectivity index (χ2v) is 10.3. The van der Waals surface area contributed by atoms with Gasteiger partial charge in [0.15, 0.2) is 0 Å². The molecule has 0 aliphatic rings. The van der Waals surface area contributed by atoms with Gasteiger partial charge in [0.05, 0.1) is 16.6 Å². The van der Waals surface area contributed by atoms with Gasteiger partial charge < -0.3 is 5.32 Å². The third kappa shape index (κ3) is 5.63. The fourth-order valence-electron chi connectivity index (χ4n) is 3.73. The minimum atomic E-state index is -3.94. The van der Waals surface area contributed by atoms with E-state index in [0.29, 0.717) is 12.1 Å². The average molecular weight is 465 g/mol. The number of benzene rings is 3. The summed E-state index contributed by atoms with van der Waals surface area (Å²) in [5, 5.41) is 2.97. The van der Waals surface area contributed by atoms with Crippen molar-refractivity contribution in [3.05, 3.63) is 94.5 Å². The molecule has 1 amide bonds. The standard InChI is InChI=1S/C27H32N2O3S/c1-6-23-9-7-8-10-26(23)29(33(31,32)25-15-11-19(2)12-16-25)18-27(30)28-22(5)24-14-13-20(3)21(4)17-24/h7-17,22H,6,18H2,1-5H3,(H,28,30). The normalized spacial score (nSPS) is 12.3. The molecular formula is C27H32N2O3S. The summed E-state index contributed by atoms with van der Waals surface area (Å²) in [5.74, 6) is -0.359. The van der Waals surface area contributed by atoms with Gasteiger partial charge in [0.2, 0.25) is 5.91 Å². The van der Waals surface area contributed by atoms with Gasteiger partial charge in [-0.05, 0) is 74.6 Å². The first-order valence-corrected chi connectivity index (χ1v) is 12.6. The molecule has 3 aromatic carbocycles. The maximum atomic E-state index is 13.6. The van der Waals surface area contributed by atoms with E-state index in [-0.39, 0.29) is 23.4 Å². The van der Waals surface area contributed by atoms with E-state index in [1.54, 1.807) is 36.4 Å². The number of hydrogen-bond acceptors (Lipinski definition) is 3. The molecule has 1 N–H and O–H groups in total. The van der Waals surface area contributed by atoms with Gasteiger partial charge in [-0.2, -0.15) is 0 Å². The summed E-state index contributed by atoms with van der Waals surface area (Å²) in [7, 11) is -3.94. The number of rotatable bonds is 8. The number of amides is 1. The van der Waals surface area contributed by atoms with E-state index >= 15 is 0 Å². The van der Waals surface area contributed by atoms with Gasteiger partial charge in [0.25, 0.3) is 10.0 Å². The summed E-state index contributed by atoms with van der Waals surface area (Å²) in [5.41, 5.74) is 5.67. The van der Waals surface area contributed by atoms with Crippen molar-refractivity contribution in [3.8, 4) is 0 Å². The number of hydrogen-bond donors (Lipinski definition) is 1. The highest BCUT2D eigenvalue weighted by Gasteiger charge is 2.29. The van der Waals surface area contributed by atoms with Gasteiger partial charge >= 0.3 is 0 Å². The molecule has 5 nitrogen and oxygen atoms in total. The highest BCUT2D eigenvalue weighted by atomic mass is 32.2. The second kappa shape index (κ2) is 10.2. The van der Waals surface area contributed by atoms with Gasteiger partial charge in [-0.25, -0.2) is 8.42 Å². The molecule has 1 unspecified atom stereocenters. The van der Waals surface area contributed by atoms with E-state index in [0.717, 1.165) is 22.3 Å². The zero-order chi connectivity index (χ0) is 24.2. The van der Waals surface area contributed by atoms with Crippen LogP contribution in [-0.4, -0.2) is 20.9 Å². The monoisotopic (exact) mass is 464 g/mol. The maximum absolute atomic E-state index is 13.6. The molecule has 0 aromatic heterocycles. The minimum Gasteiger partial charge on any atom is -0.348 e. The highest BCUT2D eigenvalue weighted by Crippen LogP contribution is 2.28. The Balaban J connectivity index is 1.93. The van der Waals surface area contributed by atoms with Gasteiger partial charge in [-0.15, -0.1) is 0 Å². The maximum Gasteiger partial charge on any atom is 0.264 e. The third-order valence-electron chi connectivity index (χ3n) is 5.95. The second-order valence-electron chi connectivity index (χ2n) is 8.44. The van der Waals surface area contributed by atoms with Gasteiger partial charge in [0, 0.05) is 0 Å². The number of carbonyl (C=O) groups excluding carboxylic acids is 1. The molecule has 0 aliphatic heterocycles. The molecule has 0 radical (unpaired) electrons. The molecule has 0 saturated heterocycles. The van der Waals surface area contributed by atoms with Crippen molar-refractivity contribution in [1.29, 1.82) is 0 Å². The largest absolute Gasteiger partial charge is 0.348 e. The predicted octanol–water partition coefficient (Wildman–Crippen LogP) is 5.25. The Morgan fingerprint density at radius 1 is 0.939 bits per heavy atom. The van der Waals surface area contributed by atoms with Crippen molar-refractivity contribution >= 4 is 21.6 Å². The summed E-state index contributed by atoms with van der Waals surface area (Å²) in [6, 6.07) is 19.8. The number of anilines is 1. The van der Waals surface area contributed by atoms with Crippen LogP contribution in [0.15, 0.2) is 71.6 Å². The number of carbonyl (C=O) groups is 1. The Kier molecular flexibility index (Phi) is 7.59. The molecule has 6 heteroatoms. The molecule has 33 heavy (non-hydrogen) atoms. The van der Waals surface area contributed by atoms with Crippen molar-refractivity contribution in [2.75, 3.05) is 10.8 Å². The molecule has 3 aromatic rings. The summed E-state index contributed by atoms with van der Waals surface area (Å²) in [6.07, 6.45) is 0.650. The van der Waals surface area contributed by atoms with E-state index in [2.05, 4.69) is 5.32 Å². The third-order valence-corrected chi connectivity index (χ3v) is 7.72. The summed E-state index contributed by atoms with van der Waals surface area (Å²) in [6.45, 7) is 9.55. The summed E-state index contributed by atoms with van der Waals surface area (Å²) in [4.78, 5) is 13.2. The van der Waals surface area contributed by atoms with Crippen LogP contribution in [0, 0.1) is 20.8 Å². The molecule has 174 valence electrons. The van der Waals surface area contributed by atoms with Crippen LogP contribution >= 0.6 is 0 Å².